The van der Waals surface area contributed by atoms with Gasteiger partial charge in [-0.05, 0) is 18.8 Å². The number of aliphatic hydroxyl groups excluding tert-OH is 1. The quantitative estimate of drug-likeness (QED) is 0.716. The van der Waals surface area contributed by atoms with Crippen molar-refractivity contribution in [1.82, 2.24) is 4.90 Å². The summed E-state index contributed by atoms with van der Waals surface area (Å²) in [6.07, 6.45) is 5.07. The minimum Gasteiger partial charge on any atom is -0.481 e. The Bertz CT molecular complexity index is 282. The number of likely N-dealkylation sites (tertiary alicyclic amines) is 1. The largest absolute Gasteiger partial charge is 0.481 e. The van der Waals surface area contributed by atoms with Crippen LogP contribution >= 0.6 is 0 Å². The topological polar surface area (TPSA) is 60.8 Å². The van der Waals surface area contributed by atoms with E-state index in [9.17, 15) is 9.90 Å². The van der Waals surface area contributed by atoms with Gasteiger partial charge in [-0.1, -0.05) is 26.2 Å². The number of rotatable bonds is 2. The molecule has 2 N–H and O–H groups in total. The summed E-state index contributed by atoms with van der Waals surface area (Å²) in [5.41, 5.74) is 0. The van der Waals surface area contributed by atoms with Gasteiger partial charge in [-0.3, -0.25) is 9.69 Å². The zero-order chi connectivity index (χ0) is 12.4. The van der Waals surface area contributed by atoms with Crippen LogP contribution in [0.25, 0.3) is 0 Å². The standard InChI is InChI=1S/C13H23NO3/c1-9-7-14(8-10(9)13(16)17)11-5-3-2-4-6-12(11)15/h9-12,15H,2-8H2,1H3,(H,16,17)/t9-,10-,11?,12?/m1/s1. The second-order valence-electron chi connectivity index (χ2n) is 5.65. The van der Waals surface area contributed by atoms with Gasteiger partial charge in [0.2, 0.25) is 0 Å². The van der Waals surface area contributed by atoms with Gasteiger partial charge in [-0.25, -0.2) is 0 Å². The Morgan fingerprint density at radius 3 is 2.53 bits per heavy atom. The first-order valence-corrected chi connectivity index (χ1v) is 6.74. The van der Waals surface area contributed by atoms with Gasteiger partial charge in [0.15, 0.2) is 0 Å². The van der Waals surface area contributed by atoms with Crippen LogP contribution in [0, 0.1) is 11.8 Å². The molecule has 0 aromatic carbocycles. The van der Waals surface area contributed by atoms with Gasteiger partial charge in [0.05, 0.1) is 12.0 Å². The van der Waals surface area contributed by atoms with E-state index in [1.165, 1.54) is 6.42 Å². The lowest BCUT2D eigenvalue weighted by atomic mass is 9.99. The highest BCUT2D eigenvalue weighted by Gasteiger charge is 2.39. The molecule has 4 heteroatoms. The molecule has 4 nitrogen and oxygen atoms in total. The van der Waals surface area contributed by atoms with Crippen LogP contribution in [0.5, 0.6) is 0 Å². The Kier molecular flexibility index (Phi) is 4.05. The second kappa shape index (κ2) is 5.36. The fraction of sp³-hybridized carbons (Fsp3) is 0.923. The summed E-state index contributed by atoms with van der Waals surface area (Å²) >= 11 is 0. The highest BCUT2D eigenvalue weighted by molar-refractivity contribution is 5.71. The Labute approximate surface area is 103 Å². The van der Waals surface area contributed by atoms with Crippen LogP contribution in [0.15, 0.2) is 0 Å². The molecule has 1 saturated heterocycles. The first-order valence-electron chi connectivity index (χ1n) is 6.74. The van der Waals surface area contributed by atoms with Gasteiger partial charge in [-0.15, -0.1) is 0 Å². The van der Waals surface area contributed by atoms with E-state index in [1.54, 1.807) is 0 Å². The number of hydrogen-bond donors (Lipinski definition) is 2. The van der Waals surface area contributed by atoms with Gasteiger partial charge >= 0.3 is 5.97 Å². The van der Waals surface area contributed by atoms with Gasteiger partial charge < -0.3 is 10.2 Å². The maximum atomic E-state index is 11.1. The van der Waals surface area contributed by atoms with E-state index >= 15 is 0 Å². The summed E-state index contributed by atoms with van der Waals surface area (Å²) in [4.78, 5) is 13.3. The molecule has 2 unspecified atom stereocenters. The van der Waals surface area contributed by atoms with Gasteiger partial charge in [0.1, 0.15) is 0 Å². The zero-order valence-electron chi connectivity index (χ0n) is 10.5. The molecular formula is C13H23NO3. The van der Waals surface area contributed by atoms with E-state index in [0.29, 0.717) is 6.54 Å². The fourth-order valence-corrected chi connectivity index (χ4v) is 3.29. The number of carbonyl (C=O) groups is 1. The smallest absolute Gasteiger partial charge is 0.308 e. The highest BCUT2D eigenvalue weighted by Crippen LogP contribution is 2.30. The van der Waals surface area contributed by atoms with Crippen molar-refractivity contribution in [2.24, 2.45) is 11.8 Å². The maximum Gasteiger partial charge on any atom is 0.308 e. The SMILES string of the molecule is C[C@@H]1CN(C2CCCCCC2O)C[C@H]1C(=O)O. The molecule has 1 aliphatic carbocycles. The van der Waals surface area contributed by atoms with E-state index in [4.69, 9.17) is 5.11 Å². The van der Waals surface area contributed by atoms with Crippen molar-refractivity contribution in [3.05, 3.63) is 0 Å². The molecule has 17 heavy (non-hydrogen) atoms. The molecule has 2 rings (SSSR count). The average Bonchev–Trinajstić information content (AvgIpc) is 2.51. The minimum absolute atomic E-state index is 0.185. The maximum absolute atomic E-state index is 11.1. The highest BCUT2D eigenvalue weighted by atomic mass is 16.4. The molecule has 0 spiro atoms. The average molecular weight is 241 g/mol. The monoisotopic (exact) mass is 241 g/mol. The van der Waals surface area contributed by atoms with Crippen molar-refractivity contribution >= 4 is 5.97 Å². The van der Waals surface area contributed by atoms with Crippen LogP contribution < -0.4 is 0 Å². The normalized spacial score (nSPS) is 40.1. The van der Waals surface area contributed by atoms with Gasteiger partial charge in [0, 0.05) is 19.1 Å². The molecule has 0 bridgehead atoms. The zero-order valence-corrected chi connectivity index (χ0v) is 10.5. The molecule has 0 radical (unpaired) electrons. The first-order chi connectivity index (χ1) is 8.09. The Morgan fingerprint density at radius 2 is 1.88 bits per heavy atom. The predicted octanol–water partition coefficient (Wildman–Crippen LogP) is 1.33. The van der Waals surface area contributed by atoms with E-state index < -0.39 is 5.97 Å². The van der Waals surface area contributed by atoms with E-state index in [-0.39, 0.29) is 24.0 Å². The van der Waals surface area contributed by atoms with Crippen molar-refractivity contribution in [3.63, 3.8) is 0 Å². The summed E-state index contributed by atoms with van der Waals surface area (Å²) in [5, 5.41) is 19.3. The molecule has 4 atom stereocenters. The molecule has 0 aromatic heterocycles. The van der Waals surface area contributed by atoms with E-state index in [1.807, 2.05) is 6.92 Å². The second-order valence-corrected chi connectivity index (χ2v) is 5.65. The molecule has 2 aliphatic rings. The Balaban J connectivity index is 2.00. The van der Waals surface area contributed by atoms with Crippen LogP contribution in [0.1, 0.15) is 39.0 Å². The van der Waals surface area contributed by atoms with Crippen LogP contribution in [-0.4, -0.2) is 46.3 Å². The third kappa shape index (κ3) is 2.80. The van der Waals surface area contributed by atoms with Crippen molar-refractivity contribution < 1.29 is 15.0 Å². The Morgan fingerprint density at radius 1 is 1.18 bits per heavy atom. The van der Waals surface area contributed by atoms with Crippen molar-refractivity contribution in [2.45, 2.75) is 51.2 Å². The van der Waals surface area contributed by atoms with Crippen LogP contribution in [0.3, 0.4) is 0 Å². The van der Waals surface area contributed by atoms with Gasteiger partial charge in [-0.2, -0.15) is 0 Å². The minimum atomic E-state index is -0.692. The molecule has 1 aliphatic heterocycles. The molecule has 2 fully saturated rings. The lowest BCUT2D eigenvalue weighted by molar-refractivity contribution is -0.142. The first kappa shape index (κ1) is 12.8. The number of carboxylic acid groups (broad SMARTS) is 1. The summed E-state index contributed by atoms with van der Waals surface area (Å²) in [6.45, 7) is 3.43. The van der Waals surface area contributed by atoms with Crippen LogP contribution in [0.2, 0.25) is 0 Å². The summed E-state index contributed by atoms with van der Waals surface area (Å²) in [5.74, 6) is -0.753. The number of aliphatic carboxylic acids is 1. The van der Waals surface area contributed by atoms with Crippen LogP contribution in [0.4, 0.5) is 0 Å². The molecule has 1 saturated carbocycles. The van der Waals surface area contributed by atoms with Crippen LogP contribution in [-0.2, 0) is 4.79 Å². The summed E-state index contributed by atoms with van der Waals surface area (Å²) < 4.78 is 0. The molecule has 98 valence electrons. The molecule has 1 heterocycles. The fourth-order valence-electron chi connectivity index (χ4n) is 3.29. The molecule has 0 amide bonds. The summed E-state index contributed by atoms with van der Waals surface area (Å²) in [6, 6.07) is 0.185. The third-order valence-corrected chi connectivity index (χ3v) is 4.37. The van der Waals surface area contributed by atoms with E-state index in [0.717, 1.165) is 32.2 Å². The van der Waals surface area contributed by atoms with E-state index in [2.05, 4.69) is 4.90 Å². The van der Waals surface area contributed by atoms with Gasteiger partial charge in [0.25, 0.3) is 0 Å². The van der Waals surface area contributed by atoms with Crippen molar-refractivity contribution in [2.75, 3.05) is 13.1 Å². The summed E-state index contributed by atoms with van der Waals surface area (Å²) in [7, 11) is 0. The number of carboxylic acids is 1. The van der Waals surface area contributed by atoms with Crippen molar-refractivity contribution in [1.29, 1.82) is 0 Å². The Hall–Kier alpha value is -0.610. The number of nitrogens with zero attached hydrogens (tertiary/aromatic N) is 1. The lowest BCUT2D eigenvalue weighted by Crippen LogP contribution is -2.42. The number of aliphatic hydroxyl groups is 1. The molecule has 0 aromatic rings. The molecular weight excluding hydrogens is 218 g/mol. The lowest BCUT2D eigenvalue weighted by Gasteiger charge is -2.30. The third-order valence-electron chi connectivity index (χ3n) is 4.37. The van der Waals surface area contributed by atoms with Crippen molar-refractivity contribution in [3.8, 4) is 0 Å². The predicted molar refractivity (Wildman–Crippen MR) is 64.7 cm³/mol. The number of hydrogen-bond acceptors (Lipinski definition) is 3.